The van der Waals surface area contributed by atoms with Crippen LogP contribution in [0.2, 0.25) is 0 Å². The number of carbonyl (C=O) groups is 1. The van der Waals surface area contributed by atoms with Crippen LogP contribution in [0.15, 0.2) is 36.4 Å². The van der Waals surface area contributed by atoms with Gasteiger partial charge in [0.05, 0.1) is 4.88 Å². The molecule has 1 saturated carbocycles. The van der Waals surface area contributed by atoms with Crippen molar-refractivity contribution in [2.75, 3.05) is 0 Å². The first-order valence-electron chi connectivity index (χ1n) is 9.26. The number of hydrogen-bond acceptors (Lipinski definition) is 2. The van der Waals surface area contributed by atoms with Crippen LogP contribution in [0.25, 0.3) is 10.4 Å². The second-order valence-electron chi connectivity index (χ2n) is 7.69. The Balaban J connectivity index is 1.65. The number of hydrogen-bond donors (Lipinski definition) is 0. The molecule has 2 aromatic rings. The summed E-state index contributed by atoms with van der Waals surface area (Å²) in [6, 6.07) is 12.9. The Hall–Kier alpha value is -1.41. The minimum atomic E-state index is 0.338. The van der Waals surface area contributed by atoms with Crippen molar-refractivity contribution in [3.8, 4) is 10.4 Å². The van der Waals surface area contributed by atoms with E-state index in [1.807, 2.05) is 6.07 Å². The van der Waals surface area contributed by atoms with Crippen molar-refractivity contribution in [3.05, 3.63) is 46.8 Å². The molecule has 0 spiro atoms. The van der Waals surface area contributed by atoms with E-state index in [1.165, 1.54) is 41.7 Å². The predicted molar refractivity (Wildman–Crippen MR) is 104 cm³/mol. The molecule has 0 atom stereocenters. The number of benzene rings is 1. The summed E-state index contributed by atoms with van der Waals surface area (Å²) in [5.74, 6) is 2.34. The molecule has 2 heteroatoms. The van der Waals surface area contributed by atoms with E-state index in [0.29, 0.717) is 17.6 Å². The van der Waals surface area contributed by atoms with E-state index in [4.69, 9.17) is 0 Å². The fourth-order valence-electron chi connectivity index (χ4n) is 3.57. The standard InChI is InChI=1S/C22H28OS/c1-15(2)18-8-10-19(11-9-18)21-12-13-22(24-21)20(23)14-17-6-4-16(3)5-7-17/h8-13,15-17H,4-7,14H2,1-3H3. The summed E-state index contributed by atoms with van der Waals surface area (Å²) in [6.45, 7) is 6.75. The van der Waals surface area contributed by atoms with E-state index in [2.05, 4.69) is 51.1 Å². The summed E-state index contributed by atoms with van der Waals surface area (Å²) >= 11 is 1.65. The third-order valence-electron chi connectivity index (χ3n) is 5.35. The minimum Gasteiger partial charge on any atom is -0.293 e. The lowest BCUT2D eigenvalue weighted by Crippen LogP contribution is -2.15. The van der Waals surface area contributed by atoms with Crippen LogP contribution in [0.1, 0.15) is 74.0 Å². The number of ketones is 1. The number of rotatable bonds is 5. The molecule has 0 saturated heterocycles. The van der Waals surface area contributed by atoms with Crippen LogP contribution in [0.3, 0.4) is 0 Å². The van der Waals surface area contributed by atoms with Gasteiger partial charge in [-0.2, -0.15) is 0 Å². The Morgan fingerprint density at radius 1 is 1.04 bits per heavy atom. The maximum atomic E-state index is 12.6. The van der Waals surface area contributed by atoms with Crippen molar-refractivity contribution in [1.29, 1.82) is 0 Å². The Labute approximate surface area is 150 Å². The van der Waals surface area contributed by atoms with Crippen LogP contribution >= 0.6 is 11.3 Å². The van der Waals surface area contributed by atoms with Gasteiger partial charge in [0.25, 0.3) is 0 Å². The summed E-state index contributed by atoms with van der Waals surface area (Å²) in [5.41, 5.74) is 2.58. The zero-order valence-electron chi connectivity index (χ0n) is 15.0. The van der Waals surface area contributed by atoms with Gasteiger partial charge < -0.3 is 0 Å². The summed E-state index contributed by atoms with van der Waals surface area (Å²) in [6.07, 6.45) is 5.76. The predicted octanol–water partition coefficient (Wildman–Crippen LogP) is 6.94. The molecular weight excluding hydrogens is 312 g/mol. The van der Waals surface area contributed by atoms with Crippen molar-refractivity contribution in [2.45, 2.75) is 58.8 Å². The van der Waals surface area contributed by atoms with Gasteiger partial charge in [-0.25, -0.2) is 0 Å². The van der Waals surface area contributed by atoms with E-state index >= 15 is 0 Å². The molecule has 1 aliphatic rings. The molecule has 1 aromatic heterocycles. The topological polar surface area (TPSA) is 17.1 Å². The summed E-state index contributed by atoms with van der Waals surface area (Å²) in [7, 11) is 0. The molecule has 0 amide bonds. The van der Waals surface area contributed by atoms with Crippen LogP contribution in [0.5, 0.6) is 0 Å². The normalized spacial score (nSPS) is 21.2. The van der Waals surface area contributed by atoms with E-state index < -0.39 is 0 Å². The molecule has 0 bridgehead atoms. The summed E-state index contributed by atoms with van der Waals surface area (Å²) in [4.78, 5) is 14.7. The minimum absolute atomic E-state index is 0.338. The smallest absolute Gasteiger partial charge is 0.173 e. The lowest BCUT2D eigenvalue weighted by molar-refractivity contribution is 0.0948. The molecular formula is C22H28OS. The lowest BCUT2D eigenvalue weighted by atomic mass is 9.80. The zero-order chi connectivity index (χ0) is 17.1. The van der Waals surface area contributed by atoms with Gasteiger partial charge in [0.15, 0.2) is 5.78 Å². The zero-order valence-corrected chi connectivity index (χ0v) is 15.9. The van der Waals surface area contributed by atoms with Crippen LogP contribution in [0, 0.1) is 11.8 Å². The molecule has 3 rings (SSSR count). The molecule has 1 fully saturated rings. The molecule has 0 radical (unpaired) electrons. The van der Waals surface area contributed by atoms with Gasteiger partial charge in [-0.05, 0) is 53.9 Å². The first-order chi connectivity index (χ1) is 11.5. The van der Waals surface area contributed by atoms with E-state index in [0.717, 1.165) is 17.2 Å². The second kappa shape index (κ2) is 7.65. The summed E-state index contributed by atoms with van der Waals surface area (Å²) < 4.78 is 0. The van der Waals surface area contributed by atoms with Crippen molar-refractivity contribution in [1.82, 2.24) is 0 Å². The molecule has 1 heterocycles. The highest BCUT2D eigenvalue weighted by atomic mass is 32.1. The molecule has 0 N–H and O–H groups in total. The van der Waals surface area contributed by atoms with Gasteiger partial charge in [-0.3, -0.25) is 4.79 Å². The third-order valence-corrected chi connectivity index (χ3v) is 6.53. The quantitative estimate of drug-likeness (QED) is 0.539. The number of carbonyl (C=O) groups excluding carboxylic acids is 1. The average molecular weight is 341 g/mol. The highest BCUT2D eigenvalue weighted by molar-refractivity contribution is 7.17. The van der Waals surface area contributed by atoms with Gasteiger partial charge >= 0.3 is 0 Å². The van der Waals surface area contributed by atoms with Crippen LogP contribution < -0.4 is 0 Å². The van der Waals surface area contributed by atoms with E-state index in [9.17, 15) is 4.79 Å². The average Bonchev–Trinajstić information content (AvgIpc) is 3.07. The van der Waals surface area contributed by atoms with Gasteiger partial charge in [0.1, 0.15) is 0 Å². The van der Waals surface area contributed by atoms with Gasteiger partial charge in [0, 0.05) is 11.3 Å². The molecule has 0 aliphatic heterocycles. The fraction of sp³-hybridized carbons (Fsp3) is 0.500. The maximum absolute atomic E-state index is 12.6. The Morgan fingerprint density at radius 2 is 1.71 bits per heavy atom. The SMILES string of the molecule is CC1CCC(CC(=O)c2ccc(-c3ccc(C(C)C)cc3)s2)CC1. The third kappa shape index (κ3) is 4.16. The van der Waals surface area contributed by atoms with Crippen molar-refractivity contribution < 1.29 is 4.79 Å². The van der Waals surface area contributed by atoms with Crippen molar-refractivity contribution in [2.24, 2.45) is 11.8 Å². The molecule has 24 heavy (non-hydrogen) atoms. The highest BCUT2D eigenvalue weighted by Gasteiger charge is 2.22. The van der Waals surface area contributed by atoms with E-state index in [1.54, 1.807) is 11.3 Å². The monoisotopic (exact) mass is 340 g/mol. The largest absolute Gasteiger partial charge is 0.293 e. The van der Waals surface area contributed by atoms with E-state index in [-0.39, 0.29) is 0 Å². The van der Waals surface area contributed by atoms with Gasteiger partial charge in [0.2, 0.25) is 0 Å². The molecule has 0 unspecified atom stereocenters. The van der Waals surface area contributed by atoms with Gasteiger partial charge in [-0.15, -0.1) is 11.3 Å². The first-order valence-corrected chi connectivity index (χ1v) is 10.1. The Bertz CT molecular complexity index is 672. The Kier molecular flexibility index (Phi) is 5.55. The number of Topliss-reactive ketones (excluding diaryl/α,β-unsaturated/α-hetero) is 1. The highest BCUT2D eigenvalue weighted by Crippen LogP contribution is 2.34. The second-order valence-corrected chi connectivity index (χ2v) is 8.78. The maximum Gasteiger partial charge on any atom is 0.173 e. The van der Waals surface area contributed by atoms with Crippen LogP contribution in [-0.2, 0) is 0 Å². The Morgan fingerprint density at radius 3 is 2.33 bits per heavy atom. The van der Waals surface area contributed by atoms with Gasteiger partial charge in [-0.1, -0.05) is 57.9 Å². The summed E-state index contributed by atoms with van der Waals surface area (Å²) in [5, 5.41) is 0. The number of thiophene rings is 1. The molecule has 1 nitrogen and oxygen atoms in total. The molecule has 128 valence electrons. The fourth-order valence-corrected chi connectivity index (χ4v) is 4.53. The van der Waals surface area contributed by atoms with Crippen molar-refractivity contribution in [3.63, 3.8) is 0 Å². The van der Waals surface area contributed by atoms with Crippen molar-refractivity contribution >= 4 is 17.1 Å². The molecule has 1 aliphatic carbocycles. The van der Waals surface area contributed by atoms with Crippen LogP contribution in [0.4, 0.5) is 0 Å². The molecule has 1 aromatic carbocycles. The lowest BCUT2D eigenvalue weighted by Gasteiger charge is -2.25. The van der Waals surface area contributed by atoms with Crippen LogP contribution in [-0.4, -0.2) is 5.78 Å². The first kappa shape index (κ1) is 17.4.